The van der Waals surface area contributed by atoms with E-state index in [-0.39, 0.29) is 17.6 Å². The molecule has 0 aliphatic carbocycles. The summed E-state index contributed by atoms with van der Waals surface area (Å²) >= 11 is 0. The Morgan fingerprint density at radius 1 is 1.54 bits per heavy atom. The number of phenols is 1. The molecule has 0 unspecified atom stereocenters. The number of ether oxygens (including phenoxy) is 1. The molecule has 0 amide bonds. The van der Waals surface area contributed by atoms with Crippen LogP contribution in [0.5, 0.6) is 11.5 Å². The van der Waals surface area contributed by atoms with Gasteiger partial charge in [0, 0.05) is 6.42 Å². The van der Waals surface area contributed by atoms with Crippen LogP contribution >= 0.6 is 0 Å². The second-order valence-electron chi connectivity index (χ2n) is 3.21. The van der Waals surface area contributed by atoms with Crippen LogP contribution in [0.25, 0.3) is 0 Å². The number of ketones is 1. The lowest BCUT2D eigenvalue weighted by molar-refractivity contribution is 0.0866. The first-order valence-corrected chi connectivity index (χ1v) is 4.20. The highest BCUT2D eigenvalue weighted by molar-refractivity contribution is 6.02. The molecule has 13 heavy (non-hydrogen) atoms. The fraction of sp³-hybridized carbons (Fsp3) is 0.300. The summed E-state index contributed by atoms with van der Waals surface area (Å²) in [4.78, 5) is 11.5. The van der Waals surface area contributed by atoms with Gasteiger partial charge in [-0.15, -0.1) is 0 Å². The number of rotatable bonds is 0. The number of benzene rings is 1. The zero-order valence-corrected chi connectivity index (χ0v) is 7.28. The van der Waals surface area contributed by atoms with E-state index in [9.17, 15) is 9.90 Å². The van der Waals surface area contributed by atoms with E-state index in [0.717, 1.165) is 0 Å². The molecule has 3 nitrogen and oxygen atoms in total. The molecule has 0 radical (unpaired) electrons. The van der Waals surface area contributed by atoms with Crippen molar-refractivity contribution in [1.29, 1.82) is 0 Å². The standard InChI is InChI=1S/C10H10O3/c1-6-5-8(12)10-7(11)3-2-4-9(10)13-6/h2-4,6,11H,5H2,1H3/t6-/m0/s1. The normalized spacial score (nSPS) is 20.7. The maximum atomic E-state index is 11.5. The molecular weight excluding hydrogens is 168 g/mol. The van der Waals surface area contributed by atoms with Crippen LogP contribution in [0.3, 0.4) is 0 Å². The van der Waals surface area contributed by atoms with Gasteiger partial charge >= 0.3 is 0 Å². The van der Waals surface area contributed by atoms with Gasteiger partial charge in [-0.3, -0.25) is 4.79 Å². The third kappa shape index (κ3) is 1.26. The first-order chi connectivity index (χ1) is 6.18. The minimum absolute atomic E-state index is 0.00870. The number of phenolic OH excluding ortho intramolecular Hbond substituents is 1. The topological polar surface area (TPSA) is 46.5 Å². The first kappa shape index (κ1) is 8.10. The van der Waals surface area contributed by atoms with Crippen molar-refractivity contribution >= 4 is 5.78 Å². The van der Waals surface area contributed by atoms with Gasteiger partial charge < -0.3 is 9.84 Å². The van der Waals surface area contributed by atoms with Gasteiger partial charge in [-0.05, 0) is 19.1 Å². The Hall–Kier alpha value is -1.51. The van der Waals surface area contributed by atoms with E-state index >= 15 is 0 Å². The van der Waals surface area contributed by atoms with E-state index < -0.39 is 0 Å². The minimum Gasteiger partial charge on any atom is -0.507 e. The van der Waals surface area contributed by atoms with E-state index in [2.05, 4.69) is 0 Å². The summed E-state index contributed by atoms with van der Waals surface area (Å²) in [6, 6.07) is 4.86. The Morgan fingerprint density at radius 2 is 2.31 bits per heavy atom. The van der Waals surface area contributed by atoms with Gasteiger partial charge in [0.05, 0.1) is 0 Å². The molecule has 1 aliphatic rings. The largest absolute Gasteiger partial charge is 0.507 e. The first-order valence-electron chi connectivity index (χ1n) is 4.20. The van der Waals surface area contributed by atoms with Crippen LogP contribution in [0, 0.1) is 0 Å². The molecule has 2 rings (SSSR count). The lowest BCUT2D eigenvalue weighted by Gasteiger charge is -2.22. The van der Waals surface area contributed by atoms with Crippen molar-refractivity contribution in [3.05, 3.63) is 23.8 Å². The quantitative estimate of drug-likeness (QED) is 0.658. The van der Waals surface area contributed by atoms with Gasteiger partial charge in [-0.2, -0.15) is 0 Å². The smallest absolute Gasteiger partial charge is 0.174 e. The van der Waals surface area contributed by atoms with Gasteiger partial charge in [-0.25, -0.2) is 0 Å². The Labute approximate surface area is 76.0 Å². The maximum absolute atomic E-state index is 11.5. The van der Waals surface area contributed by atoms with Gasteiger partial charge in [-0.1, -0.05) is 6.07 Å². The van der Waals surface area contributed by atoms with E-state index in [1.165, 1.54) is 6.07 Å². The molecule has 1 atom stereocenters. The van der Waals surface area contributed by atoms with Crippen molar-refractivity contribution in [3.8, 4) is 11.5 Å². The van der Waals surface area contributed by atoms with Crippen molar-refractivity contribution in [2.45, 2.75) is 19.4 Å². The number of hydrogen-bond acceptors (Lipinski definition) is 3. The zero-order valence-electron chi connectivity index (χ0n) is 7.28. The lowest BCUT2D eigenvalue weighted by Crippen LogP contribution is -2.23. The molecule has 0 aromatic heterocycles. The monoisotopic (exact) mass is 178 g/mol. The molecule has 0 spiro atoms. The lowest BCUT2D eigenvalue weighted by atomic mass is 10.0. The number of carbonyl (C=O) groups excluding carboxylic acids is 1. The molecule has 1 aliphatic heterocycles. The van der Waals surface area contributed by atoms with Crippen molar-refractivity contribution in [1.82, 2.24) is 0 Å². The molecule has 1 aromatic rings. The van der Waals surface area contributed by atoms with Crippen LogP contribution in [-0.4, -0.2) is 17.0 Å². The van der Waals surface area contributed by atoms with Crippen LogP contribution in [0.2, 0.25) is 0 Å². The van der Waals surface area contributed by atoms with Gasteiger partial charge in [0.1, 0.15) is 23.2 Å². The van der Waals surface area contributed by atoms with Gasteiger partial charge in [0.2, 0.25) is 0 Å². The fourth-order valence-corrected chi connectivity index (χ4v) is 1.52. The van der Waals surface area contributed by atoms with Crippen LogP contribution in [0.1, 0.15) is 23.7 Å². The number of hydrogen-bond donors (Lipinski definition) is 1. The average molecular weight is 178 g/mol. The van der Waals surface area contributed by atoms with Gasteiger partial charge in [0.15, 0.2) is 5.78 Å². The Morgan fingerprint density at radius 3 is 3.08 bits per heavy atom. The second kappa shape index (κ2) is 2.76. The molecule has 0 saturated carbocycles. The summed E-state index contributed by atoms with van der Waals surface area (Å²) in [5.41, 5.74) is 0.320. The predicted molar refractivity (Wildman–Crippen MR) is 47.1 cm³/mol. The van der Waals surface area contributed by atoms with Crippen molar-refractivity contribution in [2.24, 2.45) is 0 Å². The number of Topliss-reactive ketones (excluding diaryl/α,β-unsaturated/α-hetero) is 1. The van der Waals surface area contributed by atoms with E-state index in [4.69, 9.17) is 4.74 Å². The van der Waals surface area contributed by atoms with Crippen molar-refractivity contribution in [2.75, 3.05) is 0 Å². The summed E-state index contributed by atoms with van der Waals surface area (Å²) in [7, 11) is 0. The molecule has 68 valence electrons. The average Bonchev–Trinajstić information content (AvgIpc) is 2.02. The van der Waals surface area contributed by atoms with E-state index in [1.54, 1.807) is 12.1 Å². The highest BCUT2D eigenvalue weighted by atomic mass is 16.5. The third-order valence-electron chi connectivity index (χ3n) is 2.08. The van der Waals surface area contributed by atoms with Crippen LogP contribution in [0.4, 0.5) is 0 Å². The summed E-state index contributed by atoms with van der Waals surface area (Å²) in [5.74, 6) is 0.449. The predicted octanol–water partition coefficient (Wildman–Crippen LogP) is 1.75. The second-order valence-corrected chi connectivity index (χ2v) is 3.21. The Kier molecular flexibility index (Phi) is 1.72. The molecule has 1 heterocycles. The summed E-state index contributed by atoms with van der Waals surface area (Å²) < 4.78 is 5.40. The number of fused-ring (bicyclic) bond motifs is 1. The number of carbonyl (C=O) groups is 1. The van der Waals surface area contributed by atoms with Gasteiger partial charge in [0.25, 0.3) is 0 Å². The Bertz CT molecular complexity index is 357. The highest BCUT2D eigenvalue weighted by Gasteiger charge is 2.25. The molecule has 0 fully saturated rings. The summed E-state index contributed by atoms with van der Waals surface area (Å²) in [5, 5.41) is 9.41. The summed E-state index contributed by atoms with van der Waals surface area (Å²) in [6.07, 6.45) is 0.242. The van der Waals surface area contributed by atoms with Crippen LogP contribution in [-0.2, 0) is 0 Å². The van der Waals surface area contributed by atoms with Crippen LogP contribution < -0.4 is 4.74 Å². The van der Waals surface area contributed by atoms with E-state index in [1.807, 2.05) is 6.92 Å². The highest BCUT2D eigenvalue weighted by Crippen LogP contribution is 2.33. The maximum Gasteiger partial charge on any atom is 0.174 e. The number of aromatic hydroxyl groups is 1. The molecule has 3 heteroatoms. The molecule has 0 bridgehead atoms. The molecular formula is C10H10O3. The minimum atomic E-state index is -0.0956. The summed E-state index contributed by atoms with van der Waals surface area (Å²) in [6.45, 7) is 1.84. The third-order valence-corrected chi connectivity index (χ3v) is 2.08. The Balaban J connectivity index is 2.55. The molecule has 1 aromatic carbocycles. The molecule has 1 N–H and O–H groups in total. The zero-order chi connectivity index (χ0) is 9.42. The SMILES string of the molecule is C[C@H]1CC(=O)c2c(O)cccc2O1. The van der Waals surface area contributed by atoms with E-state index in [0.29, 0.717) is 17.7 Å². The van der Waals surface area contributed by atoms with Crippen molar-refractivity contribution < 1.29 is 14.6 Å². The van der Waals surface area contributed by atoms with Crippen LogP contribution in [0.15, 0.2) is 18.2 Å². The van der Waals surface area contributed by atoms with Crippen molar-refractivity contribution in [3.63, 3.8) is 0 Å². The fourth-order valence-electron chi connectivity index (χ4n) is 1.52. The molecule has 0 saturated heterocycles.